The van der Waals surface area contributed by atoms with Crippen molar-refractivity contribution in [2.75, 3.05) is 0 Å². The fraction of sp³-hybridized carbons (Fsp3) is 0.333. The van der Waals surface area contributed by atoms with Crippen molar-refractivity contribution in [2.45, 2.75) is 32.2 Å². The fourth-order valence-electron chi connectivity index (χ4n) is 2.02. The third-order valence-electron chi connectivity index (χ3n) is 3.36. The molecule has 17 heavy (non-hydrogen) atoms. The summed E-state index contributed by atoms with van der Waals surface area (Å²) in [5.74, 6) is 1.75. The lowest BCUT2D eigenvalue weighted by Gasteiger charge is -2.30. The first-order valence-corrected chi connectivity index (χ1v) is 5.89. The van der Waals surface area contributed by atoms with Crippen molar-refractivity contribution in [3.63, 3.8) is 0 Å². The molecule has 0 bridgehead atoms. The molecule has 1 atom stereocenters. The minimum Gasteiger partial charge on any atom is -0.465 e. The molecule has 0 fully saturated rings. The van der Waals surface area contributed by atoms with Gasteiger partial charge in [-0.15, -0.1) is 0 Å². The Hall–Kier alpha value is -1.54. The lowest BCUT2D eigenvalue weighted by molar-refractivity contribution is 0.346. The summed E-state index contributed by atoms with van der Waals surface area (Å²) in [7, 11) is 0. The van der Waals surface area contributed by atoms with E-state index in [1.165, 1.54) is 5.56 Å². The molecule has 0 aliphatic rings. The summed E-state index contributed by atoms with van der Waals surface area (Å²) in [4.78, 5) is 0. The average Bonchev–Trinajstić information content (AvgIpc) is 2.76. The Bertz CT molecular complexity index is 485. The first kappa shape index (κ1) is 11.9. The van der Waals surface area contributed by atoms with E-state index in [1.807, 2.05) is 37.3 Å². The van der Waals surface area contributed by atoms with Gasteiger partial charge in [0.15, 0.2) is 0 Å². The Morgan fingerprint density at radius 1 is 1.06 bits per heavy atom. The molecule has 1 unspecified atom stereocenters. The van der Waals surface area contributed by atoms with Crippen LogP contribution in [0.4, 0.5) is 0 Å². The van der Waals surface area contributed by atoms with Gasteiger partial charge in [-0.2, -0.15) is 0 Å². The van der Waals surface area contributed by atoms with Crippen LogP contribution < -0.4 is 5.73 Å². The van der Waals surface area contributed by atoms with Gasteiger partial charge in [0.1, 0.15) is 11.5 Å². The fourth-order valence-corrected chi connectivity index (χ4v) is 2.02. The van der Waals surface area contributed by atoms with E-state index in [0.29, 0.717) is 0 Å². The van der Waals surface area contributed by atoms with E-state index in [9.17, 15) is 0 Å². The maximum Gasteiger partial charge on any atom is 0.121 e. The second kappa shape index (κ2) is 4.38. The molecule has 0 radical (unpaired) electrons. The minimum absolute atomic E-state index is 0.140. The van der Waals surface area contributed by atoms with Crippen molar-refractivity contribution >= 4 is 0 Å². The lowest BCUT2D eigenvalue weighted by Crippen LogP contribution is -2.32. The molecule has 0 saturated carbocycles. The van der Waals surface area contributed by atoms with E-state index in [4.69, 9.17) is 10.2 Å². The third kappa shape index (κ3) is 2.27. The Balaban J connectivity index is 2.33. The van der Waals surface area contributed by atoms with Gasteiger partial charge < -0.3 is 10.2 Å². The van der Waals surface area contributed by atoms with Crippen molar-refractivity contribution in [1.29, 1.82) is 0 Å². The van der Waals surface area contributed by atoms with Gasteiger partial charge in [-0.05, 0) is 24.6 Å². The highest BCUT2D eigenvalue weighted by Gasteiger charge is 2.31. The minimum atomic E-state index is -0.147. The van der Waals surface area contributed by atoms with Crippen LogP contribution in [0.15, 0.2) is 46.9 Å². The van der Waals surface area contributed by atoms with Crippen molar-refractivity contribution in [2.24, 2.45) is 5.73 Å². The average molecular weight is 229 g/mol. The van der Waals surface area contributed by atoms with Gasteiger partial charge >= 0.3 is 0 Å². The van der Waals surface area contributed by atoms with Gasteiger partial charge in [0.05, 0.1) is 6.04 Å². The molecule has 2 heteroatoms. The molecule has 0 saturated heterocycles. The number of hydrogen-bond acceptors (Lipinski definition) is 2. The Morgan fingerprint density at radius 2 is 1.71 bits per heavy atom. The number of hydrogen-bond donors (Lipinski definition) is 1. The highest BCUT2D eigenvalue weighted by atomic mass is 16.3. The van der Waals surface area contributed by atoms with Gasteiger partial charge in [0.25, 0.3) is 0 Å². The van der Waals surface area contributed by atoms with Crippen LogP contribution in [0.25, 0.3) is 0 Å². The van der Waals surface area contributed by atoms with Gasteiger partial charge in [0.2, 0.25) is 0 Å². The number of rotatable bonds is 3. The van der Waals surface area contributed by atoms with Crippen molar-refractivity contribution < 1.29 is 4.42 Å². The zero-order chi connectivity index (χ0) is 12.5. The zero-order valence-electron chi connectivity index (χ0n) is 10.6. The first-order chi connectivity index (χ1) is 8.01. The molecule has 2 N–H and O–H groups in total. The van der Waals surface area contributed by atoms with E-state index in [1.54, 1.807) is 0 Å². The predicted molar refractivity (Wildman–Crippen MR) is 69.8 cm³/mol. The molecule has 2 rings (SSSR count). The summed E-state index contributed by atoms with van der Waals surface area (Å²) in [5.41, 5.74) is 7.40. The molecule has 90 valence electrons. The van der Waals surface area contributed by atoms with E-state index in [2.05, 4.69) is 26.0 Å². The molecular weight excluding hydrogens is 210 g/mol. The highest BCUT2D eigenvalue weighted by molar-refractivity contribution is 5.28. The zero-order valence-corrected chi connectivity index (χ0v) is 10.6. The molecular formula is C15H19NO. The van der Waals surface area contributed by atoms with E-state index in [0.717, 1.165) is 11.5 Å². The molecule has 1 heterocycles. The maximum absolute atomic E-state index is 6.32. The van der Waals surface area contributed by atoms with E-state index in [-0.39, 0.29) is 11.5 Å². The number of aryl methyl sites for hydroxylation is 1. The first-order valence-electron chi connectivity index (χ1n) is 5.89. The quantitative estimate of drug-likeness (QED) is 0.874. The largest absolute Gasteiger partial charge is 0.465 e. The monoisotopic (exact) mass is 229 g/mol. The van der Waals surface area contributed by atoms with Crippen LogP contribution >= 0.6 is 0 Å². The van der Waals surface area contributed by atoms with Gasteiger partial charge in [-0.25, -0.2) is 0 Å². The maximum atomic E-state index is 6.32. The van der Waals surface area contributed by atoms with E-state index >= 15 is 0 Å². The second-order valence-corrected chi connectivity index (χ2v) is 5.01. The molecule has 2 aromatic rings. The van der Waals surface area contributed by atoms with Crippen molar-refractivity contribution in [1.82, 2.24) is 0 Å². The molecule has 0 spiro atoms. The van der Waals surface area contributed by atoms with Crippen LogP contribution in [0.1, 0.15) is 37.0 Å². The standard InChI is InChI=1S/C15H19NO/c1-11-9-10-13(17-11)14(16)15(2,3)12-7-5-4-6-8-12/h4-10,14H,16H2,1-3H3. The number of nitrogens with two attached hydrogens (primary N) is 1. The van der Waals surface area contributed by atoms with Crippen molar-refractivity contribution in [3.8, 4) is 0 Å². The topological polar surface area (TPSA) is 39.2 Å². The van der Waals surface area contributed by atoms with Crippen LogP contribution in [0.2, 0.25) is 0 Å². The lowest BCUT2D eigenvalue weighted by atomic mass is 9.77. The third-order valence-corrected chi connectivity index (χ3v) is 3.36. The summed E-state index contributed by atoms with van der Waals surface area (Å²) < 4.78 is 5.63. The van der Waals surface area contributed by atoms with Crippen LogP contribution in [-0.4, -0.2) is 0 Å². The molecule has 2 nitrogen and oxygen atoms in total. The number of benzene rings is 1. The molecule has 1 aromatic carbocycles. The highest BCUT2D eigenvalue weighted by Crippen LogP contribution is 2.35. The van der Waals surface area contributed by atoms with Crippen LogP contribution in [0.5, 0.6) is 0 Å². The predicted octanol–water partition coefficient (Wildman–Crippen LogP) is 3.57. The van der Waals surface area contributed by atoms with Gasteiger partial charge in [-0.3, -0.25) is 0 Å². The smallest absolute Gasteiger partial charge is 0.121 e. The SMILES string of the molecule is Cc1ccc(C(N)C(C)(C)c2ccccc2)o1. The molecule has 0 aliphatic carbocycles. The summed E-state index contributed by atoms with van der Waals surface area (Å²) in [5, 5.41) is 0. The summed E-state index contributed by atoms with van der Waals surface area (Å²) >= 11 is 0. The Labute approximate surface area is 102 Å². The summed E-state index contributed by atoms with van der Waals surface area (Å²) in [6.07, 6.45) is 0. The van der Waals surface area contributed by atoms with Crippen LogP contribution in [0.3, 0.4) is 0 Å². The normalized spacial score (nSPS) is 13.6. The summed E-state index contributed by atoms with van der Waals surface area (Å²) in [6.45, 7) is 6.22. The second-order valence-electron chi connectivity index (χ2n) is 5.01. The Kier molecular flexibility index (Phi) is 3.07. The Morgan fingerprint density at radius 3 is 2.24 bits per heavy atom. The summed E-state index contributed by atoms with van der Waals surface area (Å²) in [6, 6.07) is 14.1. The molecule has 0 amide bonds. The van der Waals surface area contributed by atoms with Gasteiger partial charge in [-0.1, -0.05) is 44.2 Å². The molecule has 0 aliphatic heterocycles. The van der Waals surface area contributed by atoms with E-state index < -0.39 is 0 Å². The number of furan rings is 1. The van der Waals surface area contributed by atoms with Crippen LogP contribution in [0, 0.1) is 6.92 Å². The molecule has 1 aromatic heterocycles. The van der Waals surface area contributed by atoms with Gasteiger partial charge in [0, 0.05) is 5.41 Å². The van der Waals surface area contributed by atoms with Crippen molar-refractivity contribution in [3.05, 3.63) is 59.5 Å². The van der Waals surface area contributed by atoms with Crippen LogP contribution in [-0.2, 0) is 5.41 Å².